The molecule has 2 rings (SSSR count). The Morgan fingerprint density at radius 2 is 2.19 bits per heavy atom. The lowest BCUT2D eigenvalue weighted by Crippen LogP contribution is -2.24. The first-order valence-electron chi connectivity index (χ1n) is 6.45. The highest BCUT2D eigenvalue weighted by atomic mass is 16.2. The molecule has 0 aliphatic heterocycles. The number of primary amides is 1. The van der Waals surface area contributed by atoms with Crippen molar-refractivity contribution in [3.63, 3.8) is 0 Å². The second-order valence-corrected chi connectivity index (χ2v) is 4.64. The van der Waals surface area contributed by atoms with E-state index in [9.17, 15) is 9.59 Å². The summed E-state index contributed by atoms with van der Waals surface area (Å²) in [4.78, 5) is 23.2. The van der Waals surface area contributed by atoms with Crippen LogP contribution < -0.4 is 16.8 Å². The van der Waals surface area contributed by atoms with Gasteiger partial charge in [-0.3, -0.25) is 14.3 Å². The van der Waals surface area contributed by atoms with Gasteiger partial charge in [0.15, 0.2) is 0 Å². The minimum absolute atomic E-state index is 0.247. The molecule has 21 heavy (non-hydrogen) atoms. The maximum absolute atomic E-state index is 12.2. The van der Waals surface area contributed by atoms with E-state index in [4.69, 9.17) is 11.5 Å². The number of anilines is 1. The highest BCUT2D eigenvalue weighted by molar-refractivity contribution is 5.94. The molecule has 110 valence electrons. The molecule has 7 heteroatoms. The molecule has 1 unspecified atom stereocenters. The largest absolute Gasteiger partial charge is 0.366 e. The van der Waals surface area contributed by atoms with Crippen LogP contribution in [0.4, 0.5) is 5.69 Å². The fourth-order valence-corrected chi connectivity index (χ4v) is 1.82. The Kier molecular flexibility index (Phi) is 4.34. The van der Waals surface area contributed by atoms with Crippen LogP contribution >= 0.6 is 0 Å². The van der Waals surface area contributed by atoms with E-state index in [1.54, 1.807) is 13.0 Å². The van der Waals surface area contributed by atoms with Gasteiger partial charge in [0.1, 0.15) is 6.04 Å². The van der Waals surface area contributed by atoms with Crippen molar-refractivity contribution < 1.29 is 9.59 Å². The molecule has 0 aliphatic rings. The van der Waals surface area contributed by atoms with E-state index in [0.29, 0.717) is 12.2 Å². The zero-order valence-electron chi connectivity index (χ0n) is 11.6. The SMILES string of the molecule is CC(C(=O)Nc1cccc(CN)c1)n1cc(C(N)=O)cn1. The fourth-order valence-electron chi connectivity index (χ4n) is 1.82. The van der Waals surface area contributed by atoms with E-state index in [1.165, 1.54) is 17.1 Å². The van der Waals surface area contributed by atoms with Gasteiger partial charge in [-0.25, -0.2) is 0 Å². The van der Waals surface area contributed by atoms with Gasteiger partial charge in [0, 0.05) is 18.4 Å². The Labute approximate surface area is 121 Å². The molecule has 1 aromatic carbocycles. The van der Waals surface area contributed by atoms with Crippen LogP contribution in [-0.2, 0) is 11.3 Å². The number of carbonyl (C=O) groups excluding carboxylic acids is 2. The van der Waals surface area contributed by atoms with Crippen LogP contribution in [0.2, 0.25) is 0 Å². The first-order valence-corrected chi connectivity index (χ1v) is 6.45. The van der Waals surface area contributed by atoms with Crippen LogP contribution in [0, 0.1) is 0 Å². The van der Waals surface area contributed by atoms with Crippen LogP contribution in [-0.4, -0.2) is 21.6 Å². The summed E-state index contributed by atoms with van der Waals surface area (Å²) in [6.45, 7) is 2.08. The zero-order chi connectivity index (χ0) is 15.4. The molecular weight excluding hydrogens is 270 g/mol. The number of hydrogen-bond acceptors (Lipinski definition) is 4. The average molecular weight is 287 g/mol. The smallest absolute Gasteiger partial charge is 0.251 e. The topological polar surface area (TPSA) is 116 Å². The second-order valence-electron chi connectivity index (χ2n) is 4.64. The van der Waals surface area contributed by atoms with Crippen LogP contribution in [0.5, 0.6) is 0 Å². The van der Waals surface area contributed by atoms with Crippen molar-refractivity contribution in [2.24, 2.45) is 11.5 Å². The van der Waals surface area contributed by atoms with Gasteiger partial charge in [-0.2, -0.15) is 5.10 Å². The molecule has 0 radical (unpaired) electrons. The molecule has 7 nitrogen and oxygen atoms in total. The number of benzene rings is 1. The molecular formula is C14H17N5O2. The summed E-state index contributed by atoms with van der Waals surface area (Å²) in [5.41, 5.74) is 12.6. The van der Waals surface area contributed by atoms with Gasteiger partial charge in [-0.1, -0.05) is 12.1 Å². The molecule has 2 amide bonds. The Hall–Kier alpha value is -2.67. The van der Waals surface area contributed by atoms with E-state index >= 15 is 0 Å². The third kappa shape index (κ3) is 3.46. The van der Waals surface area contributed by atoms with Gasteiger partial charge in [0.05, 0.1) is 11.8 Å². The molecule has 0 aliphatic carbocycles. The summed E-state index contributed by atoms with van der Waals surface area (Å²) < 4.78 is 1.39. The highest BCUT2D eigenvalue weighted by Gasteiger charge is 2.17. The van der Waals surface area contributed by atoms with Crippen LogP contribution in [0.3, 0.4) is 0 Å². The van der Waals surface area contributed by atoms with Crippen molar-refractivity contribution in [1.29, 1.82) is 0 Å². The first-order chi connectivity index (χ1) is 10.0. The molecule has 2 aromatic rings. The summed E-state index contributed by atoms with van der Waals surface area (Å²) in [5.74, 6) is -0.826. The fraction of sp³-hybridized carbons (Fsp3) is 0.214. The first kappa shape index (κ1) is 14.7. The van der Waals surface area contributed by atoms with Gasteiger partial charge < -0.3 is 16.8 Å². The molecule has 1 heterocycles. The van der Waals surface area contributed by atoms with Crippen molar-refractivity contribution in [2.75, 3.05) is 5.32 Å². The summed E-state index contributed by atoms with van der Waals surface area (Å²) in [6.07, 6.45) is 2.78. The number of nitrogens with one attached hydrogen (secondary N) is 1. The Bertz CT molecular complexity index is 665. The standard InChI is InChI=1S/C14H17N5O2/c1-9(19-8-11(7-17-19)13(16)20)14(21)18-12-4-2-3-10(5-12)6-15/h2-5,7-9H,6,15H2,1H3,(H2,16,20)(H,18,21). The highest BCUT2D eigenvalue weighted by Crippen LogP contribution is 2.14. The normalized spacial score (nSPS) is 11.9. The summed E-state index contributed by atoms with van der Waals surface area (Å²) >= 11 is 0. The van der Waals surface area contributed by atoms with Crippen LogP contribution in [0.25, 0.3) is 0 Å². The third-order valence-electron chi connectivity index (χ3n) is 3.09. The lowest BCUT2D eigenvalue weighted by Gasteiger charge is -2.13. The minimum atomic E-state index is -0.579. The van der Waals surface area contributed by atoms with Crippen molar-refractivity contribution in [3.8, 4) is 0 Å². The summed E-state index contributed by atoms with van der Waals surface area (Å²) in [6, 6.07) is 6.72. The molecule has 0 saturated carbocycles. The lowest BCUT2D eigenvalue weighted by molar-refractivity contribution is -0.119. The molecule has 1 atom stereocenters. The van der Waals surface area contributed by atoms with E-state index in [-0.39, 0.29) is 11.5 Å². The number of aromatic nitrogens is 2. The van der Waals surface area contributed by atoms with Crippen LogP contribution in [0.15, 0.2) is 36.7 Å². The predicted octanol–water partition coefficient (Wildman–Crippen LogP) is 0.640. The zero-order valence-corrected chi connectivity index (χ0v) is 11.6. The quantitative estimate of drug-likeness (QED) is 0.748. The summed E-state index contributed by atoms with van der Waals surface area (Å²) in [5, 5.41) is 6.75. The predicted molar refractivity (Wildman–Crippen MR) is 78.4 cm³/mol. The van der Waals surface area contributed by atoms with Gasteiger partial charge in [0.2, 0.25) is 5.91 Å². The molecule has 1 aromatic heterocycles. The lowest BCUT2D eigenvalue weighted by atomic mass is 10.2. The van der Waals surface area contributed by atoms with Crippen molar-refractivity contribution in [3.05, 3.63) is 47.8 Å². The maximum Gasteiger partial charge on any atom is 0.251 e. The minimum Gasteiger partial charge on any atom is -0.366 e. The van der Waals surface area contributed by atoms with Gasteiger partial charge in [-0.05, 0) is 24.6 Å². The maximum atomic E-state index is 12.2. The van der Waals surface area contributed by atoms with Crippen molar-refractivity contribution >= 4 is 17.5 Å². The Morgan fingerprint density at radius 1 is 1.43 bits per heavy atom. The monoisotopic (exact) mass is 287 g/mol. The second kappa shape index (κ2) is 6.19. The molecule has 0 saturated heterocycles. The van der Waals surface area contributed by atoms with Crippen LogP contribution in [0.1, 0.15) is 28.9 Å². The number of carbonyl (C=O) groups is 2. The number of nitrogens with two attached hydrogens (primary N) is 2. The average Bonchev–Trinajstić information content (AvgIpc) is 2.96. The van der Waals surface area contributed by atoms with Gasteiger partial charge in [0.25, 0.3) is 5.91 Å². The van der Waals surface area contributed by atoms with E-state index < -0.39 is 11.9 Å². The molecule has 0 bridgehead atoms. The number of hydrogen-bond donors (Lipinski definition) is 3. The van der Waals surface area contributed by atoms with Gasteiger partial charge >= 0.3 is 0 Å². The van der Waals surface area contributed by atoms with E-state index in [0.717, 1.165) is 5.56 Å². The summed E-state index contributed by atoms with van der Waals surface area (Å²) in [7, 11) is 0. The number of amides is 2. The van der Waals surface area contributed by atoms with E-state index in [1.807, 2.05) is 18.2 Å². The molecule has 0 spiro atoms. The van der Waals surface area contributed by atoms with Crippen molar-refractivity contribution in [1.82, 2.24) is 9.78 Å². The Balaban J connectivity index is 2.09. The molecule has 0 fully saturated rings. The van der Waals surface area contributed by atoms with Gasteiger partial charge in [-0.15, -0.1) is 0 Å². The molecule has 5 N–H and O–H groups in total. The third-order valence-corrected chi connectivity index (χ3v) is 3.09. The number of rotatable bonds is 5. The van der Waals surface area contributed by atoms with Crippen molar-refractivity contribution in [2.45, 2.75) is 19.5 Å². The van der Waals surface area contributed by atoms with E-state index in [2.05, 4.69) is 10.4 Å². The number of nitrogens with zero attached hydrogens (tertiary/aromatic N) is 2. The Morgan fingerprint density at radius 3 is 2.81 bits per heavy atom.